The third-order valence-corrected chi connectivity index (χ3v) is 2.19. The van der Waals surface area contributed by atoms with Gasteiger partial charge in [0.1, 0.15) is 5.38 Å². The first-order valence-electron chi connectivity index (χ1n) is 5.21. The van der Waals surface area contributed by atoms with Crippen molar-refractivity contribution in [2.24, 2.45) is 0 Å². The first-order chi connectivity index (χ1) is 7.72. The van der Waals surface area contributed by atoms with E-state index in [0.717, 1.165) is 13.0 Å². The highest BCUT2D eigenvalue weighted by Crippen LogP contribution is 1.96. The van der Waals surface area contributed by atoms with Gasteiger partial charge in [0.2, 0.25) is 0 Å². The first-order valence-corrected chi connectivity index (χ1v) is 5.65. The number of methoxy groups -OCH3 is 2. The van der Waals surface area contributed by atoms with E-state index in [-0.39, 0.29) is 0 Å². The molecule has 0 aromatic heterocycles. The average Bonchev–Trinajstić information content (AvgIpc) is 2.31. The van der Waals surface area contributed by atoms with Crippen molar-refractivity contribution in [3.05, 3.63) is 0 Å². The van der Waals surface area contributed by atoms with Crippen LogP contribution in [0.3, 0.4) is 0 Å². The maximum atomic E-state index is 10.9. The lowest BCUT2D eigenvalue weighted by atomic mass is 10.4. The van der Waals surface area contributed by atoms with Crippen LogP contribution in [-0.2, 0) is 19.0 Å². The van der Waals surface area contributed by atoms with Crippen LogP contribution >= 0.6 is 11.6 Å². The molecule has 0 spiro atoms. The summed E-state index contributed by atoms with van der Waals surface area (Å²) >= 11 is 5.73. The zero-order valence-corrected chi connectivity index (χ0v) is 10.6. The molecule has 0 amide bonds. The molecule has 0 saturated heterocycles. The smallest absolute Gasteiger partial charge is 0.325 e. The van der Waals surface area contributed by atoms with E-state index in [1.807, 2.05) is 0 Å². The summed E-state index contributed by atoms with van der Waals surface area (Å²) in [6, 6.07) is 0. The topological polar surface area (TPSA) is 56.8 Å². The Labute approximate surface area is 101 Å². The quantitative estimate of drug-likeness (QED) is 0.347. The van der Waals surface area contributed by atoms with Gasteiger partial charge in [-0.3, -0.25) is 4.79 Å². The van der Waals surface area contributed by atoms with Crippen LogP contribution in [0.25, 0.3) is 0 Å². The molecule has 6 heteroatoms. The van der Waals surface area contributed by atoms with E-state index in [1.54, 1.807) is 7.11 Å². The van der Waals surface area contributed by atoms with Crippen molar-refractivity contribution in [3.8, 4) is 0 Å². The standard InChI is InChI=1S/C10H20ClNO4/c1-14-6-7-16-5-3-4-12-8-9(11)10(13)15-2/h9,12H,3-8H2,1-2H3. The van der Waals surface area contributed by atoms with Gasteiger partial charge in [0, 0.05) is 20.3 Å². The van der Waals surface area contributed by atoms with E-state index in [9.17, 15) is 4.79 Å². The number of ether oxygens (including phenoxy) is 3. The lowest BCUT2D eigenvalue weighted by Crippen LogP contribution is -2.31. The fourth-order valence-electron chi connectivity index (χ4n) is 0.984. The molecule has 0 saturated carbocycles. The molecule has 0 bridgehead atoms. The summed E-state index contributed by atoms with van der Waals surface area (Å²) in [5, 5.41) is 2.42. The predicted molar refractivity (Wildman–Crippen MR) is 61.8 cm³/mol. The highest BCUT2D eigenvalue weighted by atomic mass is 35.5. The Morgan fingerprint density at radius 1 is 1.31 bits per heavy atom. The number of rotatable bonds is 10. The maximum Gasteiger partial charge on any atom is 0.325 e. The summed E-state index contributed by atoms with van der Waals surface area (Å²) in [7, 11) is 2.96. The Bertz CT molecular complexity index is 180. The van der Waals surface area contributed by atoms with Crippen LogP contribution in [-0.4, -0.2) is 58.5 Å². The van der Waals surface area contributed by atoms with Crippen LogP contribution in [0.1, 0.15) is 6.42 Å². The molecule has 0 aliphatic rings. The summed E-state index contributed by atoms with van der Waals surface area (Å²) in [5.41, 5.74) is 0. The molecule has 0 fully saturated rings. The molecule has 1 N–H and O–H groups in total. The summed E-state index contributed by atoms with van der Waals surface area (Å²) in [5.74, 6) is -0.412. The molecule has 0 aliphatic carbocycles. The SMILES string of the molecule is COCCOCCCNCC(Cl)C(=O)OC. The van der Waals surface area contributed by atoms with Crippen molar-refractivity contribution in [2.75, 3.05) is 47.1 Å². The number of esters is 1. The number of hydrogen-bond acceptors (Lipinski definition) is 5. The molecule has 1 atom stereocenters. The first kappa shape index (κ1) is 15.6. The fourth-order valence-corrected chi connectivity index (χ4v) is 1.18. The minimum absolute atomic E-state index is 0.409. The van der Waals surface area contributed by atoms with Crippen LogP contribution in [0.2, 0.25) is 0 Å². The molecule has 0 heterocycles. The number of hydrogen-bond donors (Lipinski definition) is 1. The second-order valence-electron chi connectivity index (χ2n) is 3.15. The van der Waals surface area contributed by atoms with Crippen molar-refractivity contribution in [3.63, 3.8) is 0 Å². The molecular weight excluding hydrogens is 234 g/mol. The number of carbonyl (C=O) groups excluding carboxylic acids is 1. The molecule has 96 valence electrons. The van der Waals surface area contributed by atoms with Crippen LogP contribution in [0, 0.1) is 0 Å². The van der Waals surface area contributed by atoms with Gasteiger partial charge in [0.15, 0.2) is 0 Å². The molecule has 0 aromatic rings. The molecule has 0 rings (SSSR count). The van der Waals surface area contributed by atoms with Gasteiger partial charge in [-0.2, -0.15) is 0 Å². The van der Waals surface area contributed by atoms with Gasteiger partial charge in [-0.25, -0.2) is 0 Å². The van der Waals surface area contributed by atoms with Crippen molar-refractivity contribution in [1.82, 2.24) is 5.32 Å². The Hall–Kier alpha value is -0.360. The van der Waals surface area contributed by atoms with E-state index >= 15 is 0 Å². The van der Waals surface area contributed by atoms with E-state index < -0.39 is 11.3 Å². The van der Waals surface area contributed by atoms with Gasteiger partial charge < -0.3 is 19.5 Å². The van der Waals surface area contributed by atoms with Crippen LogP contribution in [0.15, 0.2) is 0 Å². The van der Waals surface area contributed by atoms with E-state index in [2.05, 4.69) is 10.1 Å². The predicted octanol–water partition coefficient (Wildman–Crippen LogP) is 0.410. The summed E-state index contributed by atoms with van der Waals surface area (Å²) < 4.78 is 14.6. The monoisotopic (exact) mass is 253 g/mol. The van der Waals surface area contributed by atoms with Gasteiger partial charge in [-0.05, 0) is 13.0 Å². The van der Waals surface area contributed by atoms with Gasteiger partial charge in [0.25, 0.3) is 0 Å². The summed E-state index contributed by atoms with van der Waals surface area (Å²) in [6.45, 7) is 3.05. The number of halogens is 1. The molecular formula is C10H20ClNO4. The van der Waals surface area contributed by atoms with Gasteiger partial charge in [-0.15, -0.1) is 11.6 Å². The highest BCUT2D eigenvalue weighted by molar-refractivity contribution is 6.30. The summed E-state index contributed by atoms with van der Waals surface area (Å²) in [6.07, 6.45) is 0.870. The van der Waals surface area contributed by atoms with Crippen LogP contribution < -0.4 is 5.32 Å². The minimum atomic E-state index is -0.626. The third kappa shape index (κ3) is 8.91. The normalized spacial score (nSPS) is 12.4. The van der Waals surface area contributed by atoms with Gasteiger partial charge in [0.05, 0.1) is 20.3 Å². The van der Waals surface area contributed by atoms with Crippen molar-refractivity contribution in [2.45, 2.75) is 11.8 Å². The average molecular weight is 254 g/mol. The lowest BCUT2D eigenvalue weighted by molar-refractivity contribution is -0.140. The zero-order valence-electron chi connectivity index (χ0n) is 9.83. The molecule has 0 aliphatic heterocycles. The van der Waals surface area contributed by atoms with E-state index in [4.69, 9.17) is 21.1 Å². The van der Waals surface area contributed by atoms with Crippen molar-refractivity contribution >= 4 is 17.6 Å². The Kier molecular flexibility index (Phi) is 10.9. The fraction of sp³-hybridized carbons (Fsp3) is 0.900. The Morgan fingerprint density at radius 3 is 2.69 bits per heavy atom. The maximum absolute atomic E-state index is 10.9. The van der Waals surface area contributed by atoms with E-state index in [0.29, 0.717) is 26.4 Å². The second-order valence-corrected chi connectivity index (χ2v) is 3.68. The molecule has 1 unspecified atom stereocenters. The molecule has 0 aromatic carbocycles. The van der Waals surface area contributed by atoms with Crippen molar-refractivity contribution < 1.29 is 19.0 Å². The van der Waals surface area contributed by atoms with Gasteiger partial charge >= 0.3 is 5.97 Å². The Balaban J connectivity index is 3.17. The number of nitrogens with one attached hydrogen (secondary N) is 1. The van der Waals surface area contributed by atoms with E-state index in [1.165, 1.54) is 7.11 Å². The minimum Gasteiger partial charge on any atom is -0.468 e. The van der Waals surface area contributed by atoms with Crippen molar-refractivity contribution in [1.29, 1.82) is 0 Å². The highest BCUT2D eigenvalue weighted by Gasteiger charge is 2.14. The lowest BCUT2D eigenvalue weighted by Gasteiger charge is -2.08. The number of alkyl halides is 1. The largest absolute Gasteiger partial charge is 0.468 e. The third-order valence-electron chi connectivity index (χ3n) is 1.85. The molecule has 5 nitrogen and oxygen atoms in total. The van der Waals surface area contributed by atoms with Crippen LogP contribution in [0.5, 0.6) is 0 Å². The number of carbonyl (C=O) groups is 1. The van der Waals surface area contributed by atoms with Crippen LogP contribution in [0.4, 0.5) is 0 Å². The zero-order chi connectivity index (χ0) is 12.2. The summed E-state index contributed by atoms with van der Waals surface area (Å²) in [4.78, 5) is 10.9. The van der Waals surface area contributed by atoms with Gasteiger partial charge in [-0.1, -0.05) is 0 Å². The molecule has 16 heavy (non-hydrogen) atoms. The molecule has 0 radical (unpaired) electrons. The Morgan fingerprint density at radius 2 is 2.06 bits per heavy atom. The second kappa shape index (κ2) is 11.1.